The third-order valence-corrected chi connectivity index (χ3v) is 3.58. The first-order chi connectivity index (χ1) is 11.8. The zero-order valence-electron chi connectivity index (χ0n) is 13.4. The van der Waals surface area contributed by atoms with Gasteiger partial charge in [-0.15, -0.1) is 0 Å². The Kier molecular flexibility index (Phi) is 4.83. The van der Waals surface area contributed by atoms with Crippen molar-refractivity contribution in [3.63, 3.8) is 0 Å². The van der Waals surface area contributed by atoms with Gasteiger partial charge < -0.3 is 14.0 Å². The maximum Gasteiger partial charge on any atom is 0.293 e. The topological polar surface area (TPSA) is 40.5 Å². The molecule has 0 saturated heterocycles. The fraction of sp³-hybridized carbons (Fsp3) is 0.150. The SMILES string of the molecule is Cn1c(=O)c(OCC#CCOc2ccccc2)cc2ccccc21. The van der Waals surface area contributed by atoms with Crippen LogP contribution in [0.1, 0.15) is 0 Å². The average molecular weight is 319 g/mol. The molecule has 24 heavy (non-hydrogen) atoms. The Labute approximate surface area is 140 Å². The van der Waals surface area contributed by atoms with E-state index in [9.17, 15) is 4.79 Å². The summed E-state index contributed by atoms with van der Waals surface area (Å²) in [6, 6.07) is 18.9. The first-order valence-electron chi connectivity index (χ1n) is 7.61. The van der Waals surface area contributed by atoms with Crippen LogP contribution in [-0.4, -0.2) is 17.8 Å². The fourth-order valence-corrected chi connectivity index (χ4v) is 2.35. The minimum absolute atomic E-state index is 0.145. The van der Waals surface area contributed by atoms with Crippen LogP contribution in [0.3, 0.4) is 0 Å². The molecule has 0 unspecified atom stereocenters. The average Bonchev–Trinajstić information content (AvgIpc) is 2.63. The minimum Gasteiger partial charge on any atom is -0.481 e. The smallest absolute Gasteiger partial charge is 0.293 e. The third kappa shape index (κ3) is 3.58. The molecule has 0 aliphatic carbocycles. The molecule has 4 heteroatoms. The Bertz CT molecular complexity index is 949. The summed E-state index contributed by atoms with van der Waals surface area (Å²) in [6.45, 7) is 0.425. The Morgan fingerprint density at radius 3 is 2.38 bits per heavy atom. The van der Waals surface area contributed by atoms with Gasteiger partial charge in [0, 0.05) is 12.4 Å². The molecule has 0 aliphatic heterocycles. The highest BCUT2D eigenvalue weighted by atomic mass is 16.5. The lowest BCUT2D eigenvalue weighted by Gasteiger charge is -2.08. The molecule has 0 atom stereocenters. The highest BCUT2D eigenvalue weighted by molar-refractivity contribution is 5.80. The van der Waals surface area contributed by atoms with Crippen molar-refractivity contribution in [2.45, 2.75) is 0 Å². The number of nitrogens with zero attached hydrogens (tertiary/aromatic N) is 1. The molecule has 0 aliphatic rings. The molecular formula is C20H17NO3. The fourth-order valence-electron chi connectivity index (χ4n) is 2.35. The lowest BCUT2D eigenvalue weighted by atomic mass is 10.2. The lowest BCUT2D eigenvalue weighted by Crippen LogP contribution is -2.19. The Balaban J connectivity index is 1.61. The van der Waals surface area contributed by atoms with Gasteiger partial charge in [0.15, 0.2) is 5.75 Å². The number of fused-ring (bicyclic) bond motifs is 1. The number of aryl methyl sites for hydroxylation is 1. The Morgan fingerprint density at radius 1 is 0.917 bits per heavy atom. The second-order valence-electron chi connectivity index (χ2n) is 5.18. The van der Waals surface area contributed by atoms with E-state index in [1.807, 2.05) is 54.6 Å². The molecule has 1 aromatic heterocycles. The summed E-state index contributed by atoms with van der Waals surface area (Å²) in [5.41, 5.74) is 0.702. The molecule has 120 valence electrons. The quantitative estimate of drug-likeness (QED) is 0.694. The molecule has 3 aromatic rings. The van der Waals surface area contributed by atoms with Crippen LogP contribution in [0, 0.1) is 11.8 Å². The number of hydrogen-bond donors (Lipinski definition) is 0. The highest BCUT2D eigenvalue weighted by Gasteiger charge is 2.06. The first kappa shape index (κ1) is 15.7. The summed E-state index contributed by atoms with van der Waals surface area (Å²) in [5.74, 6) is 6.80. The number of hydrogen-bond acceptors (Lipinski definition) is 3. The monoisotopic (exact) mass is 319 g/mol. The normalized spacial score (nSPS) is 10.0. The van der Waals surface area contributed by atoms with Gasteiger partial charge in [-0.05, 0) is 24.3 Å². The van der Waals surface area contributed by atoms with E-state index in [4.69, 9.17) is 9.47 Å². The van der Waals surface area contributed by atoms with E-state index in [0.717, 1.165) is 16.7 Å². The maximum atomic E-state index is 12.3. The standard InChI is InChI=1S/C20H17NO3/c1-21-18-12-6-5-9-16(18)15-19(20(21)22)24-14-8-7-13-23-17-10-3-2-4-11-17/h2-6,9-12,15H,13-14H2,1H3. The van der Waals surface area contributed by atoms with Crippen LogP contribution in [0.25, 0.3) is 10.9 Å². The number of aromatic nitrogens is 1. The molecule has 3 rings (SSSR count). The van der Waals surface area contributed by atoms with E-state index >= 15 is 0 Å². The number of benzene rings is 2. The molecule has 0 N–H and O–H groups in total. The number of rotatable bonds is 4. The van der Waals surface area contributed by atoms with Crippen LogP contribution in [0.4, 0.5) is 0 Å². The molecule has 0 saturated carbocycles. The summed E-state index contributed by atoms with van der Waals surface area (Å²) in [4.78, 5) is 12.3. The molecular weight excluding hydrogens is 302 g/mol. The number of para-hydroxylation sites is 2. The van der Waals surface area contributed by atoms with E-state index < -0.39 is 0 Å². The van der Waals surface area contributed by atoms with Gasteiger partial charge in [0.25, 0.3) is 5.56 Å². The molecule has 0 fully saturated rings. The van der Waals surface area contributed by atoms with Crippen molar-refractivity contribution in [3.05, 3.63) is 71.0 Å². The van der Waals surface area contributed by atoms with Crippen molar-refractivity contribution in [3.8, 4) is 23.3 Å². The van der Waals surface area contributed by atoms with Crippen LogP contribution in [0.15, 0.2) is 65.5 Å². The summed E-state index contributed by atoms with van der Waals surface area (Å²) < 4.78 is 12.6. The predicted molar refractivity (Wildman–Crippen MR) is 94.4 cm³/mol. The number of ether oxygens (including phenoxy) is 2. The molecule has 0 spiro atoms. The van der Waals surface area contributed by atoms with Crippen LogP contribution in [0.2, 0.25) is 0 Å². The molecule has 0 amide bonds. The summed E-state index contributed by atoms with van der Waals surface area (Å²) >= 11 is 0. The second-order valence-corrected chi connectivity index (χ2v) is 5.18. The summed E-state index contributed by atoms with van der Waals surface area (Å²) in [6.07, 6.45) is 0. The van der Waals surface area contributed by atoms with Gasteiger partial charge in [0.1, 0.15) is 19.0 Å². The Morgan fingerprint density at radius 2 is 1.58 bits per heavy atom. The molecule has 2 aromatic carbocycles. The molecule has 1 heterocycles. The second kappa shape index (κ2) is 7.38. The van der Waals surface area contributed by atoms with Crippen molar-refractivity contribution in [2.75, 3.05) is 13.2 Å². The summed E-state index contributed by atoms with van der Waals surface area (Å²) in [7, 11) is 1.73. The van der Waals surface area contributed by atoms with Gasteiger partial charge in [-0.25, -0.2) is 0 Å². The summed E-state index contributed by atoms with van der Waals surface area (Å²) in [5, 5.41) is 0.954. The number of pyridine rings is 1. The maximum absolute atomic E-state index is 12.3. The molecule has 4 nitrogen and oxygen atoms in total. The predicted octanol–water partition coefficient (Wildman–Crippen LogP) is 3.00. The first-order valence-corrected chi connectivity index (χ1v) is 7.61. The third-order valence-electron chi connectivity index (χ3n) is 3.58. The van der Waals surface area contributed by atoms with Crippen molar-refractivity contribution in [1.29, 1.82) is 0 Å². The van der Waals surface area contributed by atoms with Gasteiger partial charge in [0.05, 0.1) is 5.52 Å². The molecule has 0 radical (unpaired) electrons. The van der Waals surface area contributed by atoms with Crippen molar-refractivity contribution < 1.29 is 9.47 Å². The van der Waals surface area contributed by atoms with Gasteiger partial charge in [-0.2, -0.15) is 0 Å². The highest BCUT2D eigenvalue weighted by Crippen LogP contribution is 2.16. The molecule has 0 bridgehead atoms. The van der Waals surface area contributed by atoms with E-state index in [2.05, 4.69) is 11.8 Å². The van der Waals surface area contributed by atoms with Crippen LogP contribution >= 0.6 is 0 Å². The van der Waals surface area contributed by atoms with Gasteiger partial charge in [-0.1, -0.05) is 48.2 Å². The lowest BCUT2D eigenvalue weighted by molar-refractivity contribution is 0.358. The van der Waals surface area contributed by atoms with Crippen LogP contribution < -0.4 is 15.0 Å². The van der Waals surface area contributed by atoms with Crippen LogP contribution in [-0.2, 0) is 7.05 Å². The van der Waals surface area contributed by atoms with Gasteiger partial charge in [-0.3, -0.25) is 4.79 Å². The van der Waals surface area contributed by atoms with E-state index in [0.29, 0.717) is 5.75 Å². The largest absolute Gasteiger partial charge is 0.481 e. The van der Waals surface area contributed by atoms with Gasteiger partial charge in [0.2, 0.25) is 0 Å². The van der Waals surface area contributed by atoms with Crippen molar-refractivity contribution >= 4 is 10.9 Å². The van der Waals surface area contributed by atoms with E-state index in [1.165, 1.54) is 0 Å². The van der Waals surface area contributed by atoms with Crippen molar-refractivity contribution in [2.24, 2.45) is 7.05 Å². The van der Waals surface area contributed by atoms with Gasteiger partial charge >= 0.3 is 0 Å². The zero-order chi connectivity index (χ0) is 16.8. The van der Waals surface area contributed by atoms with Crippen LogP contribution in [0.5, 0.6) is 11.5 Å². The zero-order valence-corrected chi connectivity index (χ0v) is 13.4. The van der Waals surface area contributed by atoms with Crippen molar-refractivity contribution in [1.82, 2.24) is 4.57 Å². The van der Waals surface area contributed by atoms with E-state index in [1.54, 1.807) is 17.7 Å². The van der Waals surface area contributed by atoms with E-state index in [-0.39, 0.29) is 18.8 Å². The Hall–Kier alpha value is -3.19. The minimum atomic E-state index is -0.170.